The number of carbonyl (C=O) groups excluding carboxylic acids is 1. The Morgan fingerprint density at radius 2 is 2.08 bits per heavy atom. The summed E-state index contributed by atoms with van der Waals surface area (Å²) in [6.45, 7) is 4.56. The Morgan fingerprint density at radius 1 is 1.29 bits per heavy atom. The second kappa shape index (κ2) is 7.92. The molecule has 134 valence electrons. The van der Waals surface area contributed by atoms with Crippen molar-refractivity contribution in [1.82, 2.24) is 10.6 Å². The van der Waals surface area contributed by atoms with Crippen molar-refractivity contribution in [2.75, 3.05) is 0 Å². The van der Waals surface area contributed by atoms with E-state index in [-0.39, 0.29) is 18.1 Å². The van der Waals surface area contributed by atoms with E-state index in [0.29, 0.717) is 11.6 Å². The van der Waals surface area contributed by atoms with Crippen LogP contribution in [-0.2, 0) is 9.53 Å². The summed E-state index contributed by atoms with van der Waals surface area (Å²) < 4.78 is 6.23. The Labute approximate surface area is 150 Å². The third-order valence-electron chi connectivity index (χ3n) is 5.18. The molecule has 3 atom stereocenters. The number of halogens is 1. The van der Waals surface area contributed by atoms with Crippen LogP contribution in [0.15, 0.2) is 22.6 Å². The molecule has 0 aromatic rings. The molecule has 0 radical (unpaired) electrons. The summed E-state index contributed by atoms with van der Waals surface area (Å²) in [7, 11) is 0. The van der Waals surface area contributed by atoms with Crippen molar-refractivity contribution in [1.29, 1.82) is 0 Å². The normalized spacial score (nSPS) is 34.1. The van der Waals surface area contributed by atoms with Crippen molar-refractivity contribution in [3.63, 3.8) is 0 Å². The molecule has 2 aliphatic carbocycles. The van der Waals surface area contributed by atoms with E-state index < -0.39 is 0 Å². The van der Waals surface area contributed by atoms with Gasteiger partial charge in [-0.3, -0.25) is 4.79 Å². The van der Waals surface area contributed by atoms with Crippen LogP contribution in [0.3, 0.4) is 0 Å². The highest BCUT2D eigenvalue weighted by Crippen LogP contribution is 2.33. The van der Waals surface area contributed by atoms with Gasteiger partial charge in [-0.1, -0.05) is 25.4 Å². The first kappa shape index (κ1) is 17.8. The fraction of sp³-hybridized carbons (Fsp3) is 0.737. The fourth-order valence-corrected chi connectivity index (χ4v) is 4.34. The Kier molecular flexibility index (Phi) is 5.88. The highest BCUT2D eigenvalue weighted by atomic mass is 35.5. The number of rotatable bonds is 4. The van der Waals surface area contributed by atoms with Crippen molar-refractivity contribution >= 4 is 17.4 Å². The van der Waals surface area contributed by atoms with Gasteiger partial charge >= 0.3 is 0 Å². The first-order valence-corrected chi connectivity index (χ1v) is 9.71. The predicted octanol–water partition coefficient (Wildman–Crippen LogP) is 4.17. The lowest BCUT2D eigenvalue weighted by Gasteiger charge is -2.30. The maximum atomic E-state index is 12.2. The molecule has 2 saturated carbocycles. The number of allylic oxidation sites excluding steroid dienone is 1. The van der Waals surface area contributed by atoms with Crippen LogP contribution in [0.4, 0.5) is 0 Å². The van der Waals surface area contributed by atoms with E-state index in [1.165, 1.54) is 12.8 Å². The topological polar surface area (TPSA) is 50.4 Å². The summed E-state index contributed by atoms with van der Waals surface area (Å²) in [4.78, 5) is 12.2. The molecule has 2 fully saturated rings. The molecule has 3 unspecified atom stereocenters. The zero-order valence-corrected chi connectivity index (χ0v) is 15.5. The third-order valence-corrected chi connectivity index (χ3v) is 5.41. The maximum Gasteiger partial charge on any atom is 0.162 e. The minimum Gasteiger partial charge on any atom is -0.351 e. The van der Waals surface area contributed by atoms with E-state index in [9.17, 15) is 4.79 Å². The predicted molar refractivity (Wildman–Crippen MR) is 96.2 cm³/mol. The van der Waals surface area contributed by atoms with Crippen LogP contribution >= 0.6 is 11.6 Å². The molecule has 0 aromatic carbocycles. The van der Waals surface area contributed by atoms with Gasteiger partial charge in [0, 0.05) is 12.0 Å². The van der Waals surface area contributed by atoms with Crippen LogP contribution in [0.1, 0.15) is 65.2 Å². The largest absolute Gasteiger partial charge is 0.351 e. The lowest BCUT2D eigenvalue weighted by molar-refractivity contribution is -0.116. The highest BCUT2D eigenvalue weighted by molar-refractivity contribution is 6.29. The summed E-state index contributed by atoms with van der Waals surface area (Å²) in [5, 5.41) is 6.97. The second-order valence-electron chi connectivity index (χ2n) is 7.76. The van der Waals surface area contributed by atoms with Crippen LogP contribution in [0.25, 0.3) is 0 Å². The van der Waals surface area contributed by atoms with Crippen molar-refractivity contribution in [2.45, 2.75) is 77.5 Å². The molecule has 1 aliphatic heterocycles. The van der Waals surface area contributed by atoms with Gasteiger partial charge in [-0.15, -0.1) is 0 Å². The molecule has 4 nitrogen and oxygen atoms in total. The molecule has 3 rings (SSSR count). The summed E-state index contributed by atoms with van der Waals surface area (Å²) in [5.74, 6) is 2.48. The number of hydrogen-bond acceptors (Lipinski definition) is 4. The van der Waals surface area contributed by atoms with E-state index in [0.717, 1.165) is 55.3 Å². The Balaban J connectivity index is 1.61. The number of nitrogens with one attached hydrogen (secondary N) is 2. The molecule has 0 aromatic heterocycles. The van der Waals surface area contributed by atoms with Gasteiger partial charge in [-0.25, -0.2) is 0 Å². The van der Waals surface area contributed by atoms with Gasteiger partial charge in [-0.05, 0) is 62.9 Å². The van der Waals surface area contributed by atoms with Crippen molar-refractivity contribution in [2.24, 2.45) is 11.8 Å². The van der Waals surface area contributed by atoms with E-state index in [1.54, 1.807) is 0 Å². The molecular weight excluding hydrogens is 324 g/mol. The summed E-state index contributed by atoms with van der Waals surface area (Å²) in [6.07, 6.45) is 10.1. The number of Topliss-reactive ketones (excluding diaryl/α,β-unsaturated/α-hetero) is 1. The Morgan fingerprint density at radius 3 is 2.83 bits per heavy atom. The molecule has 3 aliphatic rings. The number of hydrogen-bond donors (Lipinski definition) is 2. The smallest absolute Gasteiger partial charge is 0.162 e. The average Bonchev–Trinajstić information content (AvgIpc) is 2.93. The average molecular weight is 353 g/mol. The molecule has 24 heavy (non-hydrogen) atoms. The fourth-order valence-electron chi connectivity index (χ4n) is 4.13. The van der Waals surface area contributed by atoms with Crippen molar-refractivity contribution < 1.29 is 9.53 Å². The number of ketones is 1. The quantitative estimate of drug-likeness (QED) is 0.589. The molecule has 0 saturated heterocycles. The third kappa shape index (κ3) is 4.54. The van der Waals surface area contributed by atoms with Crippen LogP contribution in [0.5, 0.6) is 0 Å². The van der Waals surface area contributed by atoms with Crippen molar-refractivity contribution in [3.8, 4) is 0 Å². The Hall–Kier alpha value is -1.00. The molecule has 5 heteroatoms. The van der Waals surface area contributed by atoms with Gasteiger partial charge in [0.1, 0.15) is 11.0 Å². The van der Waals surface area contributed by atoms with E-state index >= 15 is 0 Å². The zero-order valence-electron chi connectivity index (χ0n) is 14.7. The first-order valence-electron chi connectivity index (χ1n) is 9.34. The Bertz CT molecular complexity index is 541. The molecule has 0 bridgehead atoms. The first-order chi connectivity index (χ1) is 11.5. The van der Waals surface area contributed by atoms with Crippen LogP contribution in [0.2, 0.25) is 0 Å². The molecule has 2 N–H and O–H groups in total. The van der Waals surface area contributed by atoms with Gasteiger partial charge in [0.25, 0.3) is 0 Å². The van der Waals surface area contributed by atoms with Crippen LogP contribution in [0, 0.1) is 11.8 Å². The van der Waals surface area contributed by atoms with Gasteiger partial charge < -0.3 is 15.4 Å². The van der Waals surface area contributed by atoms with E-state index in [1.807, 2.05) is 6.08 Å². The molecular formula is C19H29ClN2O2. The monoisotopic (exact) mass is 352 g/mol. The minimum absolute atomic E-state index is 0.222. The van der Waals surface area contributed by atoms with Crippen LogP contribution < -0.4 is 10.6 Å². The standard InChI is InChI=1S/C19H29ClN2O2/c1-12(2)9-13-7-8-14(10-13)24-18-11-17(20)21-19(22-18)15-5-3-4-6-16(15)23/h11-14,18,21-22H,3-10H2,1-2H3. The summed E-state index contributed by atoms with van der Waals surface area (Å²) >= 11 is 6.24. The highest BCUT2D eigenvalue weighted by Gasteiger charge is 2.30. The van der Waals surface area contributed by atoms with E-state index in [4.69, 9.17) is 16.3 Å². The lowest BCUT2D eigenvalue weighted by atomic mass is 9.93. The lowest BCUT2D eigenvalue weighted by Crippen LogP contribution is -2.43. The van der Waals surface area contributed by atoms with Gasteiger partial charge in [-0.2, -0.15) is 0 Å². The van der Waals surface area contributed by atoms with Gasteiger partial charge in [0.05, 0.1) is 6.10 Å². The second-order valence-corrected chi connectivity index (χ2v) is 8.16. The molecule has 0 spiro atoms. The van der Waals surface area contributed by atoms with Gasteiger partial charge in [0.15, 0.2) is 12.0 Å². The number of ether oxygens (including phenoxy) is 1. The summed E-state index contributed by atoms with van der Waals surface area (Å²) in [5.41, 5.74) is 0.838. The molecule has 1 heterocycles. The van der Waals surface area contributed by atoms with Crippen LogP contribution in [-0.4, -0.2) is 18.1 Å². The molecule has 0 amide bonds. The summed E-state index contributed by atoms with van der Waals surface area (Å²) in [6, 6.07) is 0. The minimum atomic E-state index is -0.251. The van der Waals surface area contributed by atoms with E-state index in [2.05, 4.69) is 24.5 Å². The number of carbonyl (C=O) groups is 1. The van der Waals surface area contributed by atoms with Crippen molar-refractivity contribution in [3.05, 3.63) is 22.6 Å². The zero-order chi connectivity index (χ0) is 17.1. The SMILES string of the molecule is CC(C)CC1CCC(OC2C=C(Cl)NC(=C3CCCCC3=O)N2)C1. The van der Waals surface area contributed by atoms with Gasteiger partial charge in [0.2, 0.25) is 0 Å². The maximum absolute atomic E-state index is 12.2.